The van der Waals surface area contributed by atoms with Gasteiger partial charge in [-0.2, -0.15) is 5.10 Å². The van der Waals surface area contributed by atoms with Crippen molar-refractivity contribution < 1.29 is 18.8 Å². The Labute approximate surface area is 162 Å². The molecule has 7 nitrogen and oxygen atoms in total. The summed E-state index contributed by atoms with van der Waals surface area (Å²) in [5.74, 6) is 0. The molecule has 8 heteroatoms. The van der Waals surface area contributed by atoms with Gasteiger partial charge in [0, 0.05) is 30.9 Å². The van der Waals surface area contributed by atoms with Crippen molar-refractivity contribution in [1.29, 1.82) is 0 Å². The lowest BCUT2D eigenvalue weighted by Gasteiger charge is -2.34. The van der Waals surface area contributed by atoms with Gasteiger partial charge < -0.3 is 18.9 Å². The second kappa shape index (κ2) is 6.81. The molecule has 2 saturated heterocycles. The summed E-state index contributed by atoms with van der Waals surface area (Å²) in [6.45, 7) is 15.1. The monoisotopic (exact) mass is 377 g/mol. The van der Waals surface area contributed by atoms with Crippen molar-refractivity contribution in [3.63, 3.8) is 0 Å². The summed E-state index contributed by atoms with van der Waals surface area (Å²) in [5.41, 5.74) is -0.335. The van der Waals surface area contributed by atoms with Gasteiger partial charge in [-0.25, -0.2) is 4.79 Å². The molecule has 0 aromatic carbocycles. The molecule has 0 aliphatic carbocycles. The molecule has 0 bridgehead atoms. The molecule has 2 aliphatic rings. The number of carbonyl (C=O) groups excluding carboxylic acids is 1. The van der Waals surface area contributed by atoms with Crippen LogP contribution in [0.2, 0.25) is 0 Å². The third-order valence-electron chi connectivity index (χ3n) is 5.57. The van der Waals surface area contributed by atoms with E-state index in [1.165, 1.54) is 0 Å². The summed E-state index contributed by atoms with van der Waals surface area (Å²) in [5, 5.41) is 4.53. The highest BCUT2D eigenvalue weighted by Gasteiger charge is 2.52. The molecule has 1 aromatic rings. The van der Waals surface area contributed by atoms with Crippen LogP contribution >= 0.6 is 0 Å². The number of hydrogen-bond donors (Lipinski definition) is 0. The van der Waals surface area contributed by atoms with Crippen LogP contribution in [0.3, 0.4) is 0 Å². The first-order chi connectivity index (χ1) is 12.4. The molecule has 3 heterocycles. The molecule has 0 spiro atoms. The molecule has 1 amide bonds. The van der Waals surface area contributed by atoms with E-state index in [4.69, 9.17) is 14.0 Å². The Morgan fingerprint density at radius 1 is 1.26 bits per heavy atom. The van der Waals surface area contributed by atoms with Gasteiger partial charge in [0.2, 0.25) is 0 Å². The third kappa shape index (κ3) is 4.32. The molecule has 0 N–H and O–H groups in total. The fourth-order valence-electron chi connectivity index (χ4n) is 3.32. The van der Waals surface area contributed by atoms with Crippen LogP contribution < -0.4 is 5.46 Å². The van der Waals surface area contributed by atoms with Gasteiger partial charge in [-0.15, -0.1) is 0 Å². The summed E-state index contributed by atoms with van der Waals surface area (Å²) in [4.78, 5) is 14.2. The number of hydrogen-bond acceptors (Lipinski definition) is 5. The van der Waals surface area contributed by atoms with Gasteiger partial charge in [-0.05, 0) is 61.3 Å². The molecule has 2 aliphatic heterocycles. The number of ether oxygens (including phenoxy) is 1. The normalized spacial score (nSPS) is 24.9. The van der Waals surface area contributed by atoms with E-state index < -0.39 is 12.7 Å². The highest BCUT2D eigenvalue weighted by atomic mass is 16.7. The summed E-state index contributed by atoms with van der Waals surface area (Å²) in [6.07, 6.45) is 5.42. The smallest absolute Gasteiger partial charge is 0.444 e. The van der Waals surface area contributed by atoms with Gasteiger partial charge >= 0.3 is 13.2 Å². The van der Waals surface area contributed by atoms with E-state index in [1.807, 2.05) is 59.3 Å². The second-order valence-corrected chi connectivity index (χ2v) is 9.56. The maximum atomic E-state index is 12.4. The fraction of sp³-hybridized carbons (Fsp3) is 0.789. The van der Waals surface area contributed by atoms with E-state index in [0.29, 0.717) is 6.54 Å². The van der Waals surface area contributed by atoms with Crippen LogP contribution in [0.25, 0.3) is 0 Å². The van der Waals surface area contributed by atoms with E-state index in [0.717, 1.165) is 24.8 Å². The lowest BCUT2D eigenvalue weighted by molar-refractivity contribution is 0.00578. The highest BCUT2D eigenvalue weighted by molar-refractivity contribution is 6.62. The minimum absolute atomic E-state index is 0.127. The molecule has 2 fully saturated rings. The Bertz CT molecular complexity index is 679. The van der Waals surface area contributed by atoms with Crippen LogP contribution in [0.1, 0.15) is 67.3 Å². The van der Waals surface area contributed by atoms with Crippen molar-refractivity contribution in [3.05, 3.63) is 12.4 Å². The maximum Gasteiger partial charge on any atom is 0.498 e. The molecular weight excluding hydrogens is 345 g/mol. The zero-order chi connectivity index (χ0) is 20.0. The lowest BCUT2D eigenvalue weighted by Crippen LogP contribution is -2.43. The van der Waals surface area contributed by atoms with Gasteiger partial charge in [0.05, 0.1) is 17.2 Å². The molecule has 150 valence electrons. The van der Waals surface area contributed by atoms with Crippen LogP contribution in [0.15, 0.2) is 12.4 Å². The lowest BCUT2D eigenvalue weighted by atomic mass is 9.82. The summed E-state index contributed by atoms with van der Waals surface area (Å²) in [6, 6.07) is 0.127. The first-order valence-electron chi connectivity index (χ1n) is 9.76. The van der Waals surface area contributed by atoms with Gasteiger partial charge in [0.1, 0.15) is 5.60 Å². The van der Waals surface area contributed by atoms with E-state index in [-0.39, 0.29) is 23.3 Å². The van der Waals surface area contributed by atoms with Crippen molar-refractivity contribution in [1.82, 2.24) is 14.7 Å². The molecule has 3 rings (SSSR count). The van der Waals surface area contributed by atoms with Crippen LogP contribution in [-0.2, 0) is 14.0 Å². The highest BCUT2D eigenvalue weighted by Crippen LogP contribution is 2.36. The SMILES string of the molecule is CC(C)(C)OC(=O)N1CCC[C@@H](n2cc(B3OC(C)(C)C(C)(C)O3)cn2)C1. The zero-order valence-corrected chi connectivity index (χ0v) is 17.6. The Morgan fingerprint density at radius 3 is 2.48 bits per heavy atom. The van der Waals surface area contributed by atoms with Crippen LogP contribution in [0, 0.1) is 0 Å². The van der Waals surface area contributed by atoms with Crippen molar-refractivity contribution in [2.75, 3.05) is 13.1 Å². The average molecular weight is 377 g/mol. The van der Waals surface area contributed by atoms with Crippen LogP contribution in [0.4, 0.5) is 4.79 Å². The molecular formula is C19H32BN3O4. The van der Waals surface area contributed by atoms with Gasteiger partial charge in [0.25, 0.3) is 0 Å². The number of aromatic nitrogens is 2. The number of piperidine rings is 1. The van der Waals surface area contributed by atoms with Gasteiger partial charge in [0.15, 0.2) is 0 Å². The van der Waals surface area contributed by atoms with Crippen LogP contribution in [-0.4, -0.2) is 57.8 Å². The predicted octanol–water partition coefficient (Wildman–Crippen LogP) is 2.75. The number of carbonyl (C=O) groups is 1. The van der Waals surface area contributed by atoms with E-state index in [9.17, 15) is 4.79 Å². The van der Waals surface area contributed by atoms with E-state index >= 15 is 0 Å². The van der Waals surface area contributed by atoms with E-state index in [1.54, 1.807) is 11.1 Å². The van der Waals surface area contributed by atoms with Crippen molar-refractivity contribution in [2.45, 2.75) is 84.2 Å². The Kier molecular flexibility index (Phi) is 5.10. The summed E-state index contributed by atoms with van der Waals surface area (Å²) < 4.78 is 19.6. The Hall–Kier alpha value is -1.54. The number of nitrogens with zero attached hydrogens (tertiary/aromatic N) is 3. The largest absolute Gasteiger partial charge is 0.498 e. The van der Waals surface area contributed by atoms with Crippen molar-refractivity contribution >= 4 is 18.7 Å². The summed E-state index contributed by atoms with van der Waals surface area (Å²) in [7, 11) is -0.422. The zero-order valence-electron chi connectivity index (χ0n) is 17.6. The quantitative estimate of drug-likeness (QED) is 0.742. The third-order valence-corrected chi connectivity index (χ3v) is 5.57. The molecule has 0 radical (unpaired) electrons. The van der Waals surface area contributed by atoms with E-state index in [2.05, 4.69) is 5.10 Å². The fourth-order valence-corrected chi connectivity index (χ4v) is 3.32. The first-order valence-corrected chi connectivity index (χ1v) is 9.76. The molecule has 1 atom stereocenters. The Balaban J connectivity index is 1.67. The van der Waals surface area contributed by atoms with Crippen LogP contribution in [0.5, 0.6) is 0 Å². The van der Waals surface area contributed by atoms with Crippen molar-refractivity contribution in [3.8, 4) is 0 Å². The second-order valence-electron chi connectivity index (χ2n) is 9.56. The molecule has 1 aromatic heterocycles. The minimum Gasteiger partial charge on any atom is -0.444 e. The Morgan fingerprint density at radius 2 is 1.89 bits per heavy atom. The number of rotatable bonds is 2. The first kappa shape index (κ1) is 20.2. The molecule has 27 heavy (non-hydrogen) atoms. The van der Waals surface area contributed by atoms with Gasteiger partial charge in [-0.1, -0.05) is 0 Å². The summed E-state index contributed by atoms with van der Waals surface area (Å²) >= 11 is 0. The number of amides is 1. The number of likely N-dealkylation sites (tertiary alicyclic amines) is 1. The van der Waals surface area contributed by atoms with Gasteiger partial charge in [-0.3, -0.25) is 4.68 Å². The maximum absolute atomic E-state index is 12.4. The predicted molar refractivity (Wildman–Crippen MR) is 104 cm³/mol. The topological polar surface area (TPSA) is 65.8 Å². The van der Waals surface area contributed by atoms with Crippen molar-refractivity contribution in [2.24, 2.45) is 0 Å². The molecule has 0 unspecified atom stereocenters. The minimum atomic E-state index is -0.486. The average Bonchev–Trinajstić information content (AvgIpc) is 3.09. The molecule has 0 saturated carbocycles. The standard InChI is InChI=1S/C19H32BN3O4/c1-17(2,3)25-16(24)22-10-8-9-15(13-22)23-12-14(11-21-23)20-26-18(4,5)19(6,7)27-20/h11-12,15H,8-10,13H2,1-7H3/t15-/m1/s1.